The fourth-order valence-electron chi connectivity index (χ4n) is 3.44. The molecule has 0 spiro atoms. The van der Waals surface area contributed by atoms with E-state index >= 15 is 0 Å². The number of aryl methyl sites for hydroxylation is 1. The average molecular weight is 370 g/mol. The van der Waals surface area contributed by atoms with Gasteiger partial charge >= 0.3 is 0 Å². The molecule has 27 heavy (non-hydrogen) atoms. The van der Waals surface area contributed by atoms with E-state index < -0.39 is 0 Å². The molecule has 1 fully saturated rings. The highest BCUT2D eigenvalue weighted by atomic mass is 16.7. The van der Waals surface area contributed by atoms with Gasteiger partial charge in [0.05, 0.1) is 5.92 Å². The lowest BCUT2D eigenvalue weighted by atomic mass is 9.97. The van der Waals surface area contributed by atoms with E-state index in [4.69, 9.17) is 9.47 Å². The van der Waals surface area contributed by atoms with Crippen molar-refractivity contribution in [1.29, 1.82) is 0 Å². The number of amides is 1. The van der Waals surface area contributed by atoms with Crippen LogP contribution >= 0.6 is 0 Å². The third kappa shape index (κ3) is 3.74. The van der Waals surface area contributed by atoms with Crippen molar-refractivity contribution in [2.24, 2.45) is 13.0 Å². The SMILES string of the molecule is Cn1nc(N2CCC[C@H](C(=O)NCc3ccc4c(c3)OCO4)C2)ccc1=O. The van der Waals surface area contributed by atoms with Gasteiger partial charge in [0.25, 0.3) is 5.56 Å². The quantitative estimate of drug-likeness (QED) is 0.866. The number of nitrogens with zero attached hydrogens (tertiary/aromatic N) is 3. The molecule has 0 saturated carbocycles. The topological polar surface area (TPSA) is 85.7 Å². The standard InChI is InChI=1S/C19H22N4O4/c1-22-18(24)7-6-17(21-22)23-8-2-3-14(11-23)19(25)20-10-13-4-5-15-16(9-13)27-12-26-15/h4-7,9,14H,2-3,8,10-12H2,1H3,(H,20,25)/t14-/m0/s1. The number of rotatable bonds is 4. The van der Waals surface area contributed by atoms with E-state index in [9.17, 15) is 9.59 Å². The summed E-state index contributed by atoms with van der Waals surface area (Å²) in [5.41, 5.74) is 0.828. The molecular weight excluding hydrogens is 348 g/mol. The summed E-state index contributed by atoms with van der Waals surface area (Å²) in [6.45, 7) is 2.11. The Hall–Kier alpha value is -3.03. The zero-order valence-electron chi connectivity index (χ0n) is 15.2. The summed E-state index contributed by atoms with van der Waals surface area (Å²) in [5, 5.41) is 7.30. The molecule has 1 N–H and O–H groups in total. The Morgan fingerprint density at radius 3 is 2.96 bits per heavy atom. The summed E-state index contributed by atoms with van der Waals surface area (Å²) in [6, 6.07) is 8.90. The second-order valence-corrected chi connectivity index (χ2v) is 6.84. The minimum Gasteiger partial charge on any atom is -0.454 e. The summed E-state index contributed by atoms with van der Waals surface area (Å²) >= 11 is 0. The maximum absolute atomic E-state index is 12.6. The number of hydrogen-bond donors (Lipinski definition) is 1. The maximum atomic E-state index is 12.6. The van der Waals surface area contributed by atoms with Crippen LogP contribution in [-0.2, 0) is 18.4 Å². The molecule has 1 aromatic heterocycles. The number of nitrogens with one attached hydrogen (secondary N) is 1. The van der Waals surface area contributed by atoms with Crippen molar-refractivity contribution >= 4 is 11.7 Å². The molecule has 2 aliphatic rings. The van der Waals surface area contributed by atoms with Crippen LogP contribution in [0.15, 0.2) is 35.1 Å². The van der Waals surface area contributed by atoms with Gasteiger partial charge in [-0.05, 0) is 36.6 Å². The second kappa shape index (κ2) is 7.30. The molecule has 8 nitrogen and oxygen atoms in total. The Labute approximate surface area is 156 Å². The fraction of sp³-hybridized carbons (Fsp3) is 0.421. The smallest absolute Gasteiger partial charge is 0.266 e. The minimum atomic E-state index is -0.145. The number of carbonyl (C=O) groups excluding carboxylic acids is 1. The molecule has 1 amide bonds. The van der Waals surface area contributed by atoms with Crippen LogP contribution in [0.3, 0.4) is 0 Å². The summed E-state index contributed by atoms with van der Waals surface area (Å²) in [7, 11) is 1.63. The van der Waals surface area contributed by atoms with Crippen LogP contribution in [0.2, 0.25) is 0 Å². The Kier molecular flexibility index (Phi) is 4.70. The molecule has 1 aromatic carbocycles. The van der Waals surface area contributed by atoms with E-state index in [1.165, 1.54) is 10.7 Å². The number of anilines is 1. The van der Waals surface area contributed by atoms with Crippen LogP contribution < -0.4 is 25.2 Å². The number of benzene rings is 1. The van der Waals surface area contributed by atoms with E-state index in [1.54, 1.807) is 13.1 Å². The van der Waals surface area contributed by atoms with E-state index in [-0.39, 0.29) is 24.2 Å². The normalized spacial score (nSPS) is 18.4. The highest BCUT2D eigenvalue weighted by Crippen LogP contribution is 2.32. The summed E-state index contributed by atoms with van der Waals surface area (Å²) in [4.78, 5) is 26.2. The Morgan fingerprint density at radius 1 is 1.26 bits per heavy atom. The number of fused-ring (bicyclic) bond motifs is 1. The predicted octanol–water partition coefficient (Wildman–Crippen LogP) is 1.04. The van der Waals surface area contributed by atoms with Gasteiger partial charge in [-0.3, -0.25) is 9.59 Å². The van der Waals surface area contributed by atoms with Gasteiger partial charge in [-0.15, -0.1) is 0 Å². The highest BCUT2D eigenvalue weighted by Gasteiger charge is 2.26. The first-order valence-corrected chi connectivity index (χ1v) is 9.06. The van der Waals surface area contributed by atoms with Gasteiger partial charge in [-0.25, -0.2) is 4.68 Å². The van der Waals surface area contributed by atoms with Crippen LogP contribution in [-0.4, -0.2) is 35.6 Å². The molecule has 0 bridgehead atoms. The van der Waals surface area contributed by atoms with Gasteiger partial charge in [0.15, 0.2) is 11.5 Å². The predicted molar refractivity (Wildman–Crippen MR) is 98.8 cm³/mol. The zero-order valence-corrected chi connectivity index (χ0v) is 15.2. The van der Waals surface area contributed by atoms with Gasteiger partial charge in [-0.1, -0.05) is 6.07 Å². The molecule has 2 aliphatic heterocycles. The van der Waals surface area contributed by atoms with Crippen molar-refractivity contribution in [3.63, 3.8) is 0 Å². The fourth-order valence-corrected chi connectivity index (χ4v) is 3.44. The number of ether oxygens (including phenoxy) is 2. The first-order chi connectivity index (χ1) is 13.1. The van der Waals surface area contributed by atoms with Crippen LogP contribution in [0, 0.1) is 5.92 Å². The first kappa shape index (κ1) is 17.4. The van der Waals surface area contributed by atoms with Crippen molar-refractivity contribution in [1.82, 2.24) is 15.1 Å². The molecule has 0 unspecified atom stereocenters. The highest BCUT2D eigenvalue weighted by molar-refractivity contribution is 5.79. The van der Waals surface area contributed by atoms with Crippen molar-refractivity contribution in [2.75, 3.05) is 24.8 Å². The monoisotopic (exact) mass is 370 g/mol. The van der Waals surface area contributed by atoms with Gasteiger partial charge in [0.1, 0.15) is 5.82 Å². The molecule has 2 aromatic rings. The van der Waals surface area contributed by atoms with E-state index in [1.807, 2.05) is 18.2 Å². The summed E-state index contributed by atoms with van der Waals surface area (Å²) in [5.74, 6) is 2.10. The van der Waals surface area contributed by atoms with Gasteiger partial charge in [-0.2, -0.15) is 5.10 Å². The lowest BCUT2D eigenvalue weighted by Crippen LogP contribution is -2.43. The molecular formula is C19H22N4O4. The number of hydrogen-bond acceptors (Lipinski definition) is 6. The van der Waals surface area contributed by atoms with Crippen LogP contribution in [0.25, 0.3) is 0 Å². The van der Waals surface area contributed by atoms with Crippen LogP contribution in [0.1, 0.15) is 18.4 Å². The zero-order chi connectivity index (χ0) is 18.8. The molecule has 142 valence electrons. The Bertz CT molecular complexity index is 911. The van der Waals surface area contributed by atoms with Gasteiger partial charge in [0.2, 0.25) is 12.7 Å². The van der Waals surface area contributed by atoms with Crippen molar-refractivity contribution in [2.45, 2.75) is 19.4 Å². The third-order valence-corrected chi connectivity index (χ3v) is 4.97. The second-order valence-electron chi connectivity index (χ2n) is 6.84. The first-order valence-electron chi connectivity index (χ1n) is 9.06. The number of aromatic nitrogens is 2. The van der Waals surface area contributed by atoms with Gasteiger partial charge < -0.3 is 19.7 Å². The Morgan fingerprint density at radius 2 is 2.11 bits per heavy atom. The van der Waals surface area contributed by atoms with E-state index in [0.29, 0.717) is 18.8 Å². The van der Waals surface area contributed by atoms with Gasteiger partial charge in [0, 0.05) is 32.7 Å². The molecule has 0 aliphatic carbocycles. The summed E-state index contributed by atoms with van der Waals surface area (Å²) in [6.07, 6.45) is 1.75. The lowest BCUT2D eigenvalue weighted by Gasteiger charge is -2.32. The van der Waals surface area contributed by atoms with E-state index in [0.717, 1.165) is 36.5 Å². The Balaban J connectivity index is 1.37. The van der Waals surface area contributed by atoms with Crippen molar-refractivity contribution in [3.8, 4) is 11.5 Å². The lowest BCUT2D eigenvalue weighted by molar-refractivity contribution is -0.125. The molecule has 1 saturated heterocycles. The molecule has 1 atom stereocenters. The summed E-state index contributed by atoms with van der Waals surface area (Å²) < 4.78 is 12.0. The molecule has 4 rings (SSSR count). The number of piperidine rings is 1. The maximum Gasteiger partial charge on any atom is 0.266 e. The molecule has 0 radical (unpaired) electrons. The van der Waals surface area contributed by atoms with Crippen LogP contribution in [0.4, 0.5) is 5.82 Å². The van der Waals surface area contributed by atoms with Crippen molar-refractivity contribution < 1.29 is 14.3 Å². The average Bonchev–Trinajstić information content (AvgIpc) is 3.16. The molecule has 8 heteroatoms. The molecule has 3 heterocycles. The number of carbonyl (C=O) groups is 1. The minimum absolute atomic E-state index is 0.0298. The third-order valence-electron chi connectivity index (χ3n) is 4.97. The van der Waals surface area contributed by atoms with E-state index in [2.05, 4.69) is 15.3 Å². The van der Waals surface area contributed by atoms with Crippen LogP contribution in [0.5, 0.6) is 11.5 Å². The largest absolute Gasteiger partial charge is 0.454 e. The van der Waals surface area contributed by atoms with Crippen molar-refractivity contribution in [3.05, 3.63) is 46.2 Å².